The van der Waals surface area contributed by atoms with Crippen molar-refractivity contribution < 1.29 is 80.2 Å². The van der Waals surface area contributed by atoms with E-state index in [-0.39, 0.29) is 25.7 Å². The second kappa shape index (κ2) is 78.3. The van der Waals surface area contributed by atoms with Crippen LogP contribution in [-0.2, 0) is 65.4 Å². The SMILES string of the molecule is CCCCCCCCCCCCCCCCCCCCC(=O)OC[C@H](COP(=O)(O)OC[C@@H](O)COP(=O)(O)OC[C@@H](COC(=O)CCCCCCCCCCC(C)C)OC(=O)CCCCCCCCCCCCCCCCCCCC)OC(=O)CCCCCCCCCCCCCCCCCCC(C)C. The van der Waals surface area contributed by atoms with Gasteiger partial charge in [0.25, 0.3) is 0 Å². The number of phosphoric ester groups is 2. The van der Waals surface area contributed by atoms with E-state index in [0.717, 1.165) is 102 Å². The van der Waals surface area contributed by atoms with Gasteiger partial charge < -0.3 is 33.8 Å². The maximum Gasteiger partial charge on any atom is 0.472 e. The lowest BCUT2D eigenvalue weighted by atomic mass is 10.0. The summed E-state index contributed by atoms with van der Waals surface area (Å²) in [5, 5.41) is 10.7. The van der Waals surface area contributed by atoms with Crippen molar-refractivity contribution in [1.82, 2.24) is 0 Å². The molecular weight excluding hydrogens is 1380 g/mol. The minimum absolute atomic E-state index is 0.108. The van der Waals surface area contributed by atoms with Gasteiger partial charge in [0.15, 0.2) is 12.2 Å². The molecule has 0 aromatic carbocycles. The summed E-state index contributed by atoms with van der Waals surface area (Å²) < 4.78 is 68.9. The van der Waals surface area contributed by atoms with E-state index >= 15 is 0 Å². The predicted molar refractivity (Wildman–Crippen MR) is 437 cm³/mol. The molecule has 0 heterocycles. The molecule has 5 atom stereocenters. The molecule has 0 fully saturated rings. The van der Waals surface area contributed by atoms with Crippen LogP contribution in [0.1, 0.15) is 465 Å². The molecular formula is C87H170O17P2. The number of hydrogen-bond donors (Lipinski definition) is 3. The smallest absolute Gasteiger partial charge is 0.462 e. The number of phosphoric acid groups is 2. The van der Waals surface area contributed by atoms with Crippen LogP contribution in [0.3, 0.4) is 0 Å². The largest absolute Gasteiger partial charge is 0.472 e. The number of aliphatic hydroxyl groups excluding tert-OH is 1. The summed E-state index contributed by atoms with van der Waals surface area (Å²) in [7, 11) is -9.93. The lowest BCUT2D eigenvalue weighted by Gasteiger charge is -2.21. The van der Waals surface area contributed by atoms with Crippen molar-refractivity contribution in [3.63, 3.8) is 0 Å². The summed E-state index contributed by atoms with van der Waals surface area (Å²) in [6.07, 6.45) is 70.9. The zero-order chi connectivity index (χ0) is 77.8. The van der Waals surface area contributed by atoms with E-state index in [1.807, 2.05) is 0 Å². The van der Waals surface area contributed by atoms with Gasteiger partial charge in [0.1, 0.15) is 19.3 Å². The topological polar surface area (TPSA) is 237 Å². The third-order valence-corrected chi connectivity index (χ3v) is 22.4. The number of rotatable bonds is 86. The monoisotopic (exact) mass is 1550 g/mol. The standard InChI is InChI=1S/C87H170O17P2/c1-7-9-11-13-15-17-19-21-23-25-27-32-36-40-44-51-57-63-69-84(89)97-75-82(103-86(91)71-66-60-54-46-42-38-34-30-29-31-35-39-43-49-55-61-67-79(3)4)77-101-105(93,94)99-73-81(88)74-100-106(95,96)102-78-83(76-98-85(90)70-64-58-52-48-47-50-56-62-68-80(5)6)104-87(92)72-65-59-53-45-41-37-33-28-26-24-22-20-18-16-14-12-10-8-2/h79-83,88H,7-78H2,1-6H3,(H,93,94)(H,95,96)/t81-,82-,83-/m1/s1. The maximum atomic E-state index is 13.2. The first-order valence-electron chi connectivity index (χ1n) is 45.0. The summed E-state index contributed by atoms with van der Waals surface area (Å²) in [6.45, 7) is 9.68. The van der Waals surface area contributed by atoms with Crippen LogP contribution >= 0.6 is 15.6 Å². The van der Waals surface area contributed by atoms with Crippen LogP contribution in [0.25, 0.3) is 0 Å². The Bertz CT molecular complexity index is 2030. The van der Waals surface area contributed by atoms with Crippen molar-refractivity contribution in [3.8, 4) is 0 Å². The van der Waals surface area contributed by atoms with E-state index in [4.69, 9.17) is 37.0 Å². The van der Waals surface area contributed by atoms with Gasteiger partial charge in [0.2, 0.25) is 0 Å². The van der Waals surface area contributed by atoms with Gasteiger partial charge in [-0.3, -0.25) is 37.3 Å². The Morgan fingerprint density at radius 1 is 0.255 bits per heavy atom. The van der Waals surface area contributed by atoms with Gasteiger partial charge in [0.05, 0.1) is 26.4 Å². The Morgan fingerprint density at radius 2 is 0.434 bits per heavy atom. The molecule has 0 bridgehead atoms. The summed E-state index contributed by atoms with van der Waals surface area (Å²) in [5.41, 5.74) is 0. The highest BCUT2D eigenvalue weighted by Gasteiger charge is 2.30. The Labute approximate surface area is 651 Å². The van der Waals surface area contributed by atoms with Gasteiger partial charge in [-0.25, -0.2) is 9.13 Å². The summed E-state index contributed by atoms with van der Waals surface area (Å²) in [5.74, 6) is -0.565. The van der Waals surface area contributed by atoms with E-state index < -0.39 is 97.5 Å². The van der Waals surface area contributed by atoms with Gasteiger partial charge in [0, 0.05) is 25.7 Å². The van der Waals surface area contributed by atoms with Crippen molar-refractivity contribution in [2.24, 2.45) is 11.8 Å². The fourth-order valence-electron chi connectivity index (χ4n) is 13.6. The fraction of sp³-hybridized carbons (Fsp3) is 0.954. The normalized spacial score (nSPS) is 13.8. The Balaban J connectivity index is 5.24. The van der Waals surface area contributed by atoms with Crippen molar-refractivity contribution in [1.29, 1.82) is 0 Å². The van der Waals surface area contributed by atoms with Gasteiger partial charge in [-0.2, -0.15) is 0 Å². The molecule has 0 aromatic heterocycles. The van der Waals surface area contributed by atoms with Crippen LogP contribution in [0.2, 0.25) is 0 Å². The van der Waals surface area contributed by atoms with Crippen LogP contribution in [-0.4, -0.2) is 96.7 Å². The number of carbonyl (C=O) groups is 4. The Hall–Kier alpha value is -1.94. The van der Waals surface area contributed by atoms with Crippen molar-refractivity contribution in [2.75, 3.05) is 39.6 Å². The van der Waals surface area contributed by atoms with Crippen LogP contribution in [0.5, 0.6) is 0 Å². The van der Waals surface area contributed by atoms with E-state index in [1.54, 1.807) is 0 Å². The highest BCUT2D eigenvalue weighted by atomic mass is 31.2. The highest BCUT2D eigenvalue weighted by Crippen LogP contribution is 2.45. The molecule has 0 aliphatic rings. The molecule has 0 aliphatic carbocycles. The van der Waals surface area contributed by atoms with Gasteiger partial charge in [-0.15, -0.1) is 0 Å². The molecule has 0 rings (SSSR count). The minimum Gasteiger partial charge on any atom is -0.462 e. The molecule has 0 radical (unpaired) electrons. The number of aliphatic hydroxyl groups is 1. The quantitative estimate of drug-likeness (QED) is 0.0222. The highest BCUT2D eigenvalue weighted by molar-refractivity contribution is 7.47. The summed E-state index contributed by atoms with van der Waals surface area (Å²) in [4.78, 5) is 73.3. The van der Waals surface area contributed by atoms with Gasteiger partial charge in [-0.05, 0) is 37.5 Å². The predicted octanol–water partition coefficient (Wildman–Crippen LogP) is 26.6. The number of hydrogen-bond acceptors (Lipinski definition) is 15. The molecule has 630 valence electrons. The molecule has 0 aliphatic heterocycles. The number of carbonyl (C=O) groups excluding carboxylic acids is 4. The van der Waals surface area contributed by atoms with Crippen LogP contribution in [0.4, 0.5) is 0 Å². The summed E-state index contributed by atoms with van der Waals surface area (Å²) in [6, 6.07) is 0. The molecule has 19 heteroatoms. The molecule has 0 amide bonds. The lowest BCUT2D eigenvalue weighted by Crippen LogP contribution is -2.30. The van der Waals surface area contributed by atoms with Gasteiger partial charge in [-0.1, -0.05) is 414 Å². The van der Waals surface area contributed by atoms with Crippen LogP contribution in [0, 0.1) is 11.8 Å². The first-order valence-corrected chi connectivity index (χ1v) is 48.0. The van der Waals surface area contributed by atoms with E-state index in [9.17, 15) is 43.2 Å². The average Bonchev–Trinajstić information content (AvgIpc) is 0.905. The lowest BCUT2D eigenvalue weighted by molar-refractivity contribution is -0.161. The van der Waals surface area contributed by atoms with Crippen LogP contribution < -0.4 is 0 Å². The zero-order valence-electron chi connectivity index (χ0n) is 69.7. The molecule has 17 nitrogen and oxygen atoms in total. The fourth-order valence-corrected chi connectivity index (χ4v) is 15.2. The zero-order valence-corrected chi connectivity index (χ0v) is 71.5. The Kier molecular flexibility index (Phi) is 76.9. The molecule has 106 heavy (non-hydrogen) atoms. The molecule has 2 unspecified atom stereocenters. The molecule has 0 saturated heterocycles. The second-order valence-corrected chi connectivity index (χ2v) is 35.1. The Morgan fingerprint density at radius 3 is 0.642 bits per heavy atom. The van der Waals surface area contributed by atoms with Gasteiger partial charge >= 0.3 is 39.5 Å². The average molecular weight is 1550 g/mol. The van der Waals surface area contributed by atoms with Crippen LogP contribution in [0.15, 0.2) is 0 Å². The van der Waals surface area contributed by atoms with E-state index in [2.05, 4.69) is 41.5 Å². The van der Waals surface area contributed by atoms with Crippen molar-refractivity contribution in [3.05, 3.63) is 0 Å². The molecule has 0 saturated carbocycles. The molecule has 3 N–H and O–H groups in total. The van der Waals surface area contributed by atoms with Crippen molar-refractivity contribution >= 4 is 39.5 Å². The number of unbranched alkanes of at least 4 members (excludes halogenated alkanes) is 56. The molecule has 0 spiro atoms. The first-order chi connectivity index (χ1) is 51.4. The third kappa shape index (κ3) is 80.1. The third-order valence-electron chi connectivity index (χ3n) is 20.5. The van der Waals surface area contributed by atoms with E-state index in [0.29, 0.717) is 25.7 Å². The first kappa shape index (κ1) is 104. The minimum atomic E-state index is -4.97. The van der Waals surface area contributed by atoms with Crippen molar-refractivity contribution in [2.45, 2.75) is 484 Å². The van der Waals surface area contributed by atoms with E-state index in [1.165, 1.54) is 283 Å². The molecule has 0 aromatic rings. The maximum absolute atomic E-state index is 13.2. The number of esters is 4. The second-order valence-electron chi connectivity index (χ2n) is 32.2. The number of ether oxygens (including phenoxy) is 4. The summed E-state index contributed by atoms with van der Waals surface area (Å²) >= 11 is 0.